The third-order valence-corrected chi connectivity index (χ3v) is 6.23. The molecular formula is C11H16ClN3O4S2. The van der Waals surface area contributed by atoms with Crippen LogP contribution in [0, 0.1) is 0 Å². The van der Waals surface area contributed by atoms with Crippen molar-refractivity contribution in [3.05, 3.63) is 23.2 Å². The normalized spacial score (nSPS) is 17.9. The van der Waals surface area contributed by atoms with Crippen molar-refractivity contribution in [1.82, 2.24) is 4.72 Å². The van der Waals surface area contributed by atoms with Crippen molar-refractivity contribution in [1.29, 1.82) is 0 Å². The van der Waals surface area contributed by atoms with E-state index < -0.39 is 20.2 Å². The molecule has 21 heavy (non-hydrogen) atoms. The van der Waals surface area contributed by atoms with Gasteiger partial charge < -0.3 is 0 Å². The van der Waals surface area contributed by atoms with Crippen LogP contribution >= 0.6 is 11.6 Å². The van der Waals surface area contributed by atoms with Crippen LogP contribution in [-0.2, 0) is 20.2 Å². The smallest absolute Gasteiger partial charge is 0.271 e. The van der Waals surface area contributed by atoms with Crippen LogP contribution in [0.2, 0.25) is 5.02 Å². The van der Waals surface area contributed by atoms with E-state index in [-0.39, 0.29) is 23.0 Å². The molecule has 1 saturated heterocycles. The Balaban J connectivity index is 2.26. The van der Waals surface area contributed by atoms with Crippen LogP contribution in [0.25, 0.3) is 0 Å². The first-order valence-electron chi connectivity index (χ1n) is 6.32. The van der Waals surface area contributed by atoms with Crippen molar-refractivity contribution in [2.45, 2.75) is 13.3 Å². The Morgan fingerprint density at radius 3 is 2.62 bits per heavy atom. The van der Waals surface area contributed by atoms with Gasteiger partial charge in [-0.05, 0) is 24.6 Å². The highest BCUT2D eigenvalue weighted by Crippen LogP contribution is 2.33. The van der Waals surface area contributed by atoms with E-state index in [1.165, 1.54) is 22.5 Å². The molecule has 0 saturated carbocycles. The first-order chi connectivity index (χ1) is 9.75. The van der Waals surface area contributed by atoms with Gasteiger partial charge in [-0.2, -0.15) is 13.1 Å². The van der Waals surface area contributed by atoms with Gasteiger partial charge in [-0.15, -0.1) is 0 Å². The van der Waals surface area contributed by atoms with Crippen LogP contribution in [0.4, 0.5) is 11.4 Å². The van der Waals surface area contributed by atoms with Gasteiger partial charge in [0.1, 0.15) is 0 Å². The minimum Gasteiger partial charge on any atom is -0.271 e. The maximum absolute atomic E-state index is 11.9. The fraction of sp³-hybridized carbons (Fsp3) is 0.455. The van der Waals surface area contributed by atoms with Gasteiger partial charge in [-0.1, -0.05) is 18.5 Å². The van der Waals surface area contributed by atoms with Crippen LogP contribution in [0.15, 0.2) is 18.2 Å². The number of nitrogens with zero attached hydrogens (tertiary/aromatic N) is 1. The molecule has 0 unspecified atom stereocenters. The molecule has 2 N–H and O–H groups in total. The number of rotatable bonds is 5. The molecule has 2 rings (SSSR count). The molecule has 1 aliphatic heterocycles. The molecule has 1 aromatic rings. The summed E-state index contributed by atoms with van der Waals surface area (Å²) in [5.74, 6) is 0.0954. The summed E-state index contributed by atoms with van der Waals surface area (Å²) in [5.41, 5.74) is 0.627. The molecule has 1 aliphatic rings. The summed E-state index contributed by atoms with van der Waals surface area (Å²) < 4.78 is 52.7. The van der Waals surface area contributed by atoms with Crippen LogP contribution in [0.3, 0.4) is 0 Å². The van der Waals surface area contributed by atoms with Crippen molar-refractivity contribution in [2.75, 3.05) is 27.9 Å². The van der Waals surface area contributed by atoms with Crippen molar-refractivity contribution < 1.29 is 16.8 Å². The van der Waals surface area contributed by atoms with E-state index in [4.69, 9.17) is 11.6 Å². The molecule has 1 fully saturated rings. The first-order valence-corrected chi connectivity index (χ1v) is 9.79. The largest absolute Gasteiger partial charge is 0.299 e. The Morgan fingerprint density at radius 2 is 2.10 bits per heavy atom. The molecule has 118 valence electrons. The topological polar surface area (TPSA) is 95.6 Å². The second kappa shape index (κ2) is 5.99. The molecule has 0 aliphatic carbocycles. The molecule has 1 heterocycles. The summed E-state index contributed by atoms with van der Waals surface area (Å²) in [7, 11) is -6.97. The van der Waals surface area contributed by atoms with E-state index in [0.29, 0.717) is 18.7 Å². The van der Waals surface area contributed by atoms with Crippen molar-refractivity contribution in [3.63, 3.8) is 0 Å². The lowest BCUT2D eigenvalue weighted by atomic mass is 10.3. The number of nitrogens with one attached hydrogen (secondary N) is 2. The lowest BCUT2D eigenvalue weighted by molar-refractivity contribution is 0.589. The van der Waals surface area contributed by atoms with Crippen LogP contribution in [0.1, 0.15) is 13.3 Å². The minimum absolute atomic E-state index is 0.0954. The molecule has 0 aromatic heterocycles. The van der Waals surface area contributed by atoms with E-state index in [9.17, 15) is 16.8 Å². The minimum atomic E-state index is -3.65. The third kappa shape index (κ3) is 3.79. The lowest BCUT2D eigenvalue weighted by Gasteiger charge is -2.19. The summed E-state index contributed by atoms with van der Waals surface area (Å²) in [6, 6.07) is 4.36. The molecule has 0 amide bonds. The third-order valence-electron chi connectivity index (χ3n) is 2.90. The quantitative estimate of drug-likeness (QED) is 0.829. The number of halogens is 1. The highest BCUT2D eigenvalue weighted by molar-refractivity contribution is 7.93. The zero-order valence-electron chi connectivity index (χ0n) is 11.3. The summed E-state index contributed by atoms with van der Waals surface area (Å²) in [4.78, 5) is 0. The number of hydrogen-bond donors (Lipinski definition) is 2. The van der Waals surface area contributed by atoms with Gasteiger partial charge in [0.25, 0.3) is 10.2 Å². The summed E-state index contributed by atoms with van der Waals surface area (Å²) in [5, 5.41) is 0.178. The zero-order chi connectivity index (χ0) is 15.7. The summed E-state index contributed by atoms with van der Waals surface area (Å²) >= 11 is 6.08. The van der Waals surface area contributed by atoms with Crippen LogP contribution < -0.4 is 13.7 Å². The zero-order valence-corrected chi connectivity index (χ0v) is 13.7. The van der Waals surface area contributed by atoms with E-state index in [0.717, 1.165) is 0 Å². The Labute approximate surface area is 129 Å². The number of benzene rings is 1. The standard InChI is InChI=1S/C11H16ClN3O4S2/c1-2-13-21(18,19)14-9-4-5-11(10(12)8-9)15-6-3-7-20(15,16)17/h4-5,8,13-14H,2-3,6-7H2,1H3. The molecule has 7 nitrogen and oxygen atoms in total. The van der Waals surface area contributed by atoms with E-state index in [2.05, 4.69) is 9.44 Å². The van der Waals surface area contributed by atoms with Crippen LogP contribution in [-0.4, -0.2) is 35.7 Å². The first kappa shape index (κ1) is 16.3. The van der Waals surface area contributed by atoms with E-state index >= 15 is 0 Å². The van der Waals surface area contributed by atoms with Crippen molar-refractivity contribution >= 4 is 43.2 Å². The van der Waals surface area contributed by atoms with Gasteiger partial charge >= 0.3 is 0 Å². The molecule has 0 radical (unpaired) electrons. The molecule has 10 heteroatoms. The number of hydrogen-bond acceptors (Lipinski definition) is 4. The van der Waals surface area contributed by atoms with Crippen molar-refractivity contribution in [2.24, 2.45) is 0 Å². The maximum Gasteiger partial charge on any atom is 0.299 e. The van der Waals surface area contributed by atoms with Gasteiger partial charge in [0.2, 0.25) is 10.0 Å². The monoisotopic (exact) mass is 353 g/mol. The van der Waals surface area contributed by atoms with E-state index in [1.54, 1.807) is 6.92 Å². The summed E-state index contributed by atoms with van der Waals surface area (Å²) in [6.07, 6.45) is 0.549. The second-order valence-electron chi connectivity index (χ2n) is 4.51. The average Bonchev–Trinajstić information content (AvgIpc) is 2.68. The van der Waals surface area contributed by atoms with Crippen LogP contribution in [0.5, 0.6) is 0 Å². The highest BCUT2D eigenvalue weighted by Gasteiger charge is 2.29. The predicted octanol–water partition coefficient (Wildman–Crippen LogP) is 1.15. The Morgan fingerprint density at radius 1 is 1.38 bits per heavy atom. The van der Waals surface area contributed by atoms with Crippen molar-refractivity contribution in [3.8, 4) is 0 Å². The van der Waals surface area contributed by atoms with E-state index in [1.807, 2.05) is 0 Å². The molecule has 0 bridgehead atoms. The van der Waals surface area contributed by atoms with Gasteiger partial charge in [-0.25, -0.2) is 8.42 Å². The molecule has 0 atom stereocenters. The average molecular weight is 354 g/mol. The van der Waals surface area contributed by atoms with Gasteiger partial charge in [0.05, 0.1) is 22.2 Å². The fourth-order valence-electron chi connectivity index (χ4n) is 2.06. The molecule has 1 aromatic carbocycles. The maximum atomic E-state index is 11.9. The summed E-state index contributed by atoms with van der Waals surface area (Å²) in [6.45, 7) is 2.30. The lowest BCUT2D eigenvalue weighted by Crippen LogP contribution is -2.30. The predicted molar refractivity (Wildman–Crippen MR) is 83.4 cm³/mol. The van der Waals surface area contributed by atoms with Gasteiger partial charge in [0.15, 0.2) is 0 Å². The Kier molecular flexibility index (Phi) is 4.66. The highest BCUT2D eigenvalue weighted by atomic mass is 35.5. The fourth-order valence-corrected chi connectivity index (χ4v) is 4.87. The Bertz CT molecular complexity index is 734. The SMILES string of the molecule is CCNS(=O)(=O)Nc1ccc(N2CCCS2(=O)=O)c(Cl)c1. The number of sulfonamides is 1. The molecular weight excluding hydrogens is 338 g/mol. The second-order valence-corrected chi connectivity index (χ2v) is 8.43. The molecule has 0 spiro atoms. The Hall–Kier alpha value is -1.03. The van der Waals surface area contributed by atoms with Gasteiger partial charge in [0, 0.05) is 13.1 Å². The number of anilines is 2. The van der Waals surface area contributed by atoms with Gasteiger partial charge in [-0.3, -0.25) is 9.03 Å².